The molecular weight excluding hydrogens is 243 g/mol. The van der Waals surface area contributed by atoms with E-state index >= 15 is 0 Å². The maximum Gasteiger partial charge on any atom is 0.225 e. The Morgan fingerprint density at radius 1 is 1.80 bits per heavy atom. The Balaban J connectivity index is 3.01. The number of nitrogens with zero attached hydrogens (tertiary/aromatic N) is 2. The third-order valence-electron chi connectivity index (χ3n) is 1.24. The van der Waals surface area contributed by atoms with E-state index in [0.29, 0.717) is 0 Å². The van der Waals surface area contributed by atoms with Gasteiger partial charge in [-0.1, -0.05) is 0 Å². The highest BCUT2D eigenvalue weighted by Crippen LogP contribution is 2.18. The second kappa shape index (κ2) is 3.23. The quantitative estimate of drug-likeness (QED) is 0.746. The van der Waals surface area contributed by atoms with Crippen molar-refractivity contribution < 1.29 is 4.74 Å². The van der Waals surface area contributed by atoms with E-state index in [1.807, 2.05) is 11.6 Å². The Kier molecular flexibility index (Phi) is 2.53. The van der Waals surface area contributed by atoms with E-state index < -0.39 is 0 Å². The van der Waals surface area contributed by atoms with Crippen LogP contribution in [0.3, 0.4) is 0 Å². The fourth-order valence-electron chi connectivity index (χ4n) is 0.779. The van der Waals surface area contributed by atoms with Gasteiger partial charge in [-0.15, -0.1) is 0 Å². The van der Waals surface area contributed by atoms with Crippen molar-refractivity contribution >= 4 is 22.6 Å². The highest BCUT2D eigenvalue weighted by molar-refractivity contribution is 14.1. The van der Waals surface area contributed by atoms with Crippen LogP contribution in [0.25, 0.3) is 0 Å². The van der Waals surface area contributed by atoms with Crippen molar-refractivity contribution in [1.82, 2.24) is 9.78 Å². The third kappa shape index (κ3) is 1.25. The number of rotatable bonds is 2. The van der Waals surface area contributed by atoms with Crippen LogP contribution in [0.15, 0.2) is 6.20 Å². The Morgan fingerprint density at radius 2 is 2.50 bits per heavy atom. The van der Waals surface area contributed by atoms with Gasteiger partial charge in [-0.3, -0.25) is 0 Å². The number of halogens is 1. The summed E-state index contributed by atoms with van der Waals surface area (Å²) in [5, 5.41) is 4.09. The summed E-state index contributed by atoms with van der Waals surface area (Å²) >= 11 is 2.20. The molecule has 0 saturated carbocycles. The normalized spacial score (nSPS) is 9.90. The molecule has 10 heavy (non-hydrogen) atoms. The minimum atomic E-state index is 0.850. The van der Waals surface area contributed by atoms with Gasteiger partial charge in [-0.25, -0.2) is 4.68 Å². The molecule has 0 radical (unpaired) electrons. The van der Waals surface area contributed by atoms with E-state index in [9.17, 15) is 0 Å². The van der Waals surface area contributed by atoms with E-state index in [1.165, 1.54) is 0 Å². The van der Waals surface area contributed by atoms with Crippen molar-refractivity contribution in [3.05, 3.63) is 9.77 Å². The molecule has 0 spiro atoms. The largest absolute Gasteiger partial charge is 0.480 e. The highest BCUT2D eigenvalue weighted by Gasteiger charge is 2.05. The molecule has 3 nitrogen and oxygen atoms in total. The average Bonchev–Trinajstić information content (AvgIpc) is 2.30. The summed E-state index contributed by atoms with van der Waals surface area (Å²) in [6.45, 7) is 2.89. The predicted molar refractivity (Wildman–Crippen MR) is 47.2 cm³/mol. The zero-order valence-electron chi connectivity index (χ0n) is 5.97. The molecule has 0 atom stereocenters. The van der Waals surface area contributed by atoms with Crippen LogP contribution in [0.4, 0.5) is 0 Å². The van der Waals surface area contributed by atoms with Gasteiger partial charge in [0.05, 0.1) is 16.9 Å². The Morgan fingerprint density at radius 3 is 2.90 bits per heavy atom. The van der Waals surface area contributed by atoms with Gasteiger partial charge in [0.15, 0.2) is 0 Å². The van der Waals surface area contributed by atoms with E-state index in [-0.39, 0.29) is 0 Å². The minimum Gasteiger partial charge on any atom is -0.480 e. The molecule has 0 bridgehead atoms. The Hall–Kier alpha value is -0.260. The van der Waals surface area contributed by atoms with Crippen molar-refractivity contribution in [2.24, 2.45) is 0 Å². The highest BCUT2D eigenvalue weighted by atomic mass is 127. The van der Waals surface area contributed by atoms with Crippen LogP contribution in [-0.2, 0) is 6.54 Å². The van der Waals surface area contributed by atoms with E-state index in [1.54, 1.807) is 13.3 Å². The van der Waals surface area contributed by atoms with Gasteiger partial charge in [-0.05, 0) is 29.5 Å². The third-order valence-corrected chi connectivity index (χ3v) is 1.98. The van der Waals surface area contributed by atoms with Gasteiger partial charge < -0.3 is 4.74 Å². The van der Waals surface area contributed by atoms with Crippen molar-refractivity contribution in [2.45, 2.75) is 13.5 Å². The number of ether oxygens (including phenoxy) is 1. The van der Waals surface area contributed by atoms with Crippen LogP contribution in [-0.4, -0.2) is 16.9 Å². The molecule has 0 aliphatic heterocycles. The van der Waals surface area contributed by atoms with Gasteiger partial charge in [0.25, 0.3) is 0 Å². The van der Waals surface area contributed by atoms with Crippen molar-refractivity contribution in [2.75, 3.05) is 7.11 Å². The number of methoxy groups -OCH3 is 1. The SMILES string of the molecule is CCn1ncc(I)c1OC. The molecule has 1 aromatic heterocycles. The number of hydrogen-bond donors (Lipinski definition) is 0. The lowest BCUT2D eigenvalue weighted by molar-refractivity contribution is 0.361. The van der Waals surface area contributed by atoms with E-state index in [0.717, 1.165) is 16.0 Å². The first-order valence-electron chi connectivity index (χ1n) is 3.05. The molecule has 1 heterocycles. The summed E-state index contributed by atoms with van der Waals surface area (Å²) in [4.78, 5) is 0. The summed E-state index contributed by atoms with van der Waals surface area (Å²) < 4.78 is 7.98. The predicted octanol–water partition coefficient (Wildman–Crippen LogP) is 1.52. The number of aryl methyl sites for hydroxylation is 1. The summed E-state index contributed by atoms with van der Waals surface area (Å²) in [7, 11) is 1.66. The molecule has 0 saturated heterocycles. The molecule has 0 aliphatic carbocycles. The summed E-state index contributed by atoms with van der Waals surface area (Å²) in [5.74, 6) is 0.850. The van der Waals surface area contributed by atoms with Crippen molar-refractivity contribution in [3.63, 3.8) is 0 Å². The fourth-order valence-corrected chi connectivity index (χ4v) is 1.40. The molecule has 0 amide bonds. The zero-order valence-corrected chi connectivity index (χ0v) is 8.12. The van der Waals surface area contributed by atoms with Gasteiger partial charge >= 0.3 is 0 Å². The smallest absolute Gasteiger partial charge is 0.225 e. The molecule has 0 aliphatic rings. The average molecular weight is 252 g/mol. The summed E-state index contributed by atoms with van der Waals surface area (Å²) in [5.41, 5.74) is 0. The molecule has 0 fully saturated rings. The summed E-state index contributed by atoms with van der Waals surface area (Å²) in [6, 6.07) is 0. The van der Waals surface area contributed by atoms with Gasteiger partial charge in [0.2, 0.25) is 5.88 Å². The maximum atomic E-state index is 5.10. The number of aromatic nitrogens is 2. The monoisotopic (exact) mass is 252 g/mol. The Labute approximate surface area is 73.5 Å². The molecule has 1 rings (SSSR count). The molecule has 4 heteroatoms. The fraction of sp³-hybridized carbons (Fsp3) is 0.500. The van der Waals surface area contributed by atoms with E-state index in [2.05, 4.69) is 27.7 Å². The van der Waals surface area contributed by atoms with Gasteiger partial charge in [0.1, 0.15) is 0 Å². The standard InChI is InChI=1S/C6H9IN2O/c1-3-9-6(10-2)5(7)4-8-9/h4H,3H2,1-2H3. The molecule has 56 valence electrons. The van der Waals surface area contributed by atoms with Crippen LogP contribution in [0.5, 0.6) is 5.88 Å². The first kappa shape index (κ1) is 7.84. The van der Waals surface area contributed by atoms with E-state index in [4.69, 9.17) is 4.74 Å². The van der Waals surface area contributed by atoms with Crippen LogP contribution in [0, 0.1) is 3.57 Å². The second-order valence-corrected chi connectivity index (χ2v) is 2.98. The maximum absolute atomic E-state index is 5.10. The lowest BCUT2D eigenvalue weighted by Gasteiger charge is -2.01. The molecule has 0 N–H and O–H groups in total. The number of hydrogen-bond acceptors (Lipinski definition) is 2. The van der Waals surface area contributed by atoms with Gasteiger partial charge in [0, 0.05) is 6.54 Å². The molecule has 0 unspecified atom stereocenters. The van der Waals surface area contributed by atoms with Crippen LogP contribution in [0.1, 0.15) is 6.92 Å². The van der Waals surface area contributed by atoms with Crippen LogP contribution in [0.2, 0.25) is 0 Å². The lowest BCUT2D eigenvalue weighted by atomic mass is 10.6. The zero-order chi connectivity index (χ0) is 7.56. The molecule has 0 aromatic carbocycles. The first-order chi connectivity index (χ1) is 4.79. The topological polar surface area (TPSA) is 27.1 Å². The van der Waals surface area contributed by atoms with Gasteiger partial charge in [-0.2, -0.15) is 5.10 Å². The second-order valence-electron chi connectivity index (χ2n) is 1.82. The van der Waals surface area contributed by atoms with Crippen molar-refractivity contribution in [3.8, 4) is 5.88 Å². The minimum absolute atomic E-state index is 0.850. The van der Waals surface area contributed by atoms with Crippen molar-refractivity contribution in [1.29, 1.82) is 0 Å². The summed E-state index contributed by atoms with van der Waals surface area (Å²) in [6.07, 6.45) is 1.79. The lowest BCUT2D eigenvalue weighted by Crippen LogP contribution is -1.99. The molecular formula is C6H9IN2O. The Bertz CT molecular complexity index is 222. The first-order valence-corrected chi connectivity index (χ1v) is 4.12. The van der Waals surface area contributed by atoms with Crippen LogP contribution >= 0.6 is 22.6 Å². The molecule has 1 aromatic rings. The van der Waals surface area contributed by atoms with Crippen LogP contribution < -0.4 is 4.74 Å².